The van der Waals surface area contributed by atoms with Gasteiger partial charge in [0.15, 0.2) is 0 Å². The normalized spacial score (nSPS) is 18.3. The molecular formula is C32H44NO2Se3+. The molecule has 2 heterocycles. The molecule has 3 nitrogen and oxygen atoms in total. The van der Waals surface area contributed by atoms with Gasteiger partial charge in [-0.05, 0) is 0 Å². The summed E-state index contributed by atoms with van der Waals surface area (Å²) in [6.07, 6.45) is 8.13. The average molecular weight is 712 g/mol. The summed E-state index contributed by atoms with van der Waals surface area (Å²) in [6, 6.07) is 4.54. The van der Waals surface area contributed by atoms with Crippen molar-refractivity contribution in [2.75, 3.05) is 0 Å². The second-order valence-electron chi connectivity index (χ2n) is 13.9. The summed E-state index contributed by atoms with van der Waals surface area (Å²) in [7, 11) is 0. The predicted molar refractivity (Wildman–Crippen MR) is 166 cm³/mol. The van der Waals surface area contributed by atoms with E-state index in [1.165, 1.54) is 8.87 Å². The Hall–Kier alpha value is -1.12. The molecule has 1 aliphatic carbocycles. The van der Waals surface area contributed by atoms with Crippen LogP contribution in [0.15, 0.2) is 62.1 Å². The van der Waals surface area contributed by atoms with Gasteiger partial charge in [-0.1, -0.05) is 0 Å². The topological polar surface area (TPSA) is 52.3 Å². The van der Waals surface area contributed by atoms with Crippen molar-refractivity contribution in [3.05, 3.63) is 76.5 Å². The van der Waals surface area contributed by atoms with Gasteiger partial charge in [0.1, 0.15) is 0 Å². The molecule has 2 N–H and O–H groups in total. The van der Waals surface area contributed by atoms with Gasteiger partial charge in [0.05, 0.1) is 0 Å². The van der Waals surface area contributed by atoms with Crippen molar-refractivity contribution < 1.29 is 9.53 Å². The first kappa shape index (κ1) is 31.4. The Morgan fingerprint density at radius 1 is 0.763 bits per heavy atom. The first-order chi connectivity index (χ1) is 17.1. The maximum atomic E-state index is 13.3. The third-order valence-electron chi connectivity index (χ3n) is 5.57. The summed E-state index contributed by atoms with van der Waals surface area (Å²) in [6.45, 7) is 27.0. The predicted octanol–water partition coefficient (Wildman–Crippen LogP) is 7.28. The van der Waals surface area contributed by atoms with E-state index in [9.17, 15) is 4.79 Å². The number of nitrogens with two attached hydrogens (primary N) is 1. The molecule has 0 unspecified atom stereocenters. The molecule has 1 aromatic heterocycles. The fourth-order valence-electron chi connectivity index (χ4n) is 3.70. The van der Waals surface area contributed by atoms with E-state index >= 15 is 0 Å². The van der Waals surface area contributed by atoms with Crippen LogP contribution in [-0.4, -0.2) is 50.2 Å². The van der Waals surface area contributed by atoms with Crippen molar-refractivity contribution in [3.8, 4) is 0 Å². The van der Waals surface area contributed by atoms with Gasteiger partial charge in [-0.15, -0.1) is 0 Å². The van der Waals surface area contributed by atoms with Gasteiger partial charge in [0.2, 0.25) is 0 Å². The summed E-state index contributed by atoms with van der Waals surface area (Å²) in [5.41, 5.74) is 10.6. The van der Waals surface area contributed by atoms with Gasteiger partial charge in [-0.25, -0.2) is 0 Å². The molecule has 0 saturated carbocycles. The fourth-order valence-corrected chi connectivity index (χ4v) is 10.5. The zero-order valence-corrected chi connectivity index (χ0v) is 30.2. The van der Waals surface area contributed by atoms with Gasteiger partial charge >= 0.3 is 251 Å². The van der Waals surface area contributed by atoms with Gasteiger partial charge < -0.3 is 0 Å². The monoisotopic (exact) mass is 714 g/mol. The zero-order valence-electron chi connectivity index (χ0n) is 25.1. The first-order valence-corrected chi connectivity index (χ1v) is 18.2. The van der Waals surface area contributed by atoms with Gasteiger partial charge in [-0.2, -0.15) is 0 Å². The molecule has 206 valence electrons. The third-order valence-corrected chi connectivity index (χ3v) is 13.8. The molecular weight excluding hydrogens is 667 g/mol. The SMILES string of the molecule is CC(C)(C)[Se]C1=CC(=CC2=C(N)C(=Cc3cc(C(C)(C)C)[se+]c(C(C)(C)C)c3)C2=O)C=C([Se]C(C)(C)C)O1. The molecule has 6 heteroatoms. The number of allylic oxidation sites excluding steroid dienone is 6. The van der Waals surface area contributed by atoms with Crippen molar-refractivity contribution in [2.45, 2.75) is 103 Å². The van der Waals surface area contributed by atoms with Crippen LogP contribution in [0, 0.1) is 0 Å². The maximum absolute atomic E-state index is 13.3. The molecule has 0 bridgehead atoms. The summed E-state index contributed by atoms with van der Waals surface area (Å²) in [4.78, 5) is 13.3. The molecule has 0 amide bonds. The summed E-state index contributed by atoms with van der Waals surface area (Å²) in [5.74, 6) is 0.0223. The Morgan fingerprint density at radius 2 is 1.21 bits per heavy atom. The standard InChI is InChI=1S/C32H43NO2Se3/c1-29(2,3)23-15-19(16-24(36-23)30(4,5)6)13-21-27(33)22(28(21)34)14-20-17-25(37-31(7,8)9)35-26(18-20)38-32(10,11)12/h13-18H,1-12H3,(H-,33,34)/p+1. The molecule has 0 radical (unpaired) electrons. The molecule has 0 fully saturated rings. The van der Waals surface area contributed by atoms with E-state index in [2.05, 4.69) is 107 Å². The van der Waals surface area contributed by atoms with Gasteiger partial charge in [0, 0.05) is 0 Å². The van der Waals surface area contributed by atoms with E-state index in [1.807, 2.05) is 12.2 Å². The number of Topliss-reactive ketones (excluding diaryl/α,β-unsaturated/α-hetero) is 1. The van der Waals surface area contributed by atoms with Crippen LogP contribution >= 0.6 is 0 Å². The van der Waals surface area contributed by atoms with Crippen molar-refractivity contribution in [1.82, 2.24) is 0 Å². The van der Waals surface area contributed by atoms with Crippen molar-refractivity contribution in [2.24, 2.45) is 5.73 Å². The Balaban J connectivity index is 2.02. The van der Waals surface area contributed by atoms with Crippen LogP contribution < -0.4 is 5.73 Å². The number of carbonyl (C=O) groups is 1. The van der Waals surface area contributed by atoms with E-state index in [0.717, 1.165) is 20.5 Å². The van der Waals surface area contributed by atoms with E-state index < -0.39 is 0 Å². The number of hydrogen-bond donors (Lipinski definition) is 1. The van der Waals surface area contributed by atoms with Crippen LogP contribution in [0.3, 0.4) is 0 Å². The Bertz CT molecular complexity index is 1220. The minimum atomic E-state index is 0.0223. The average Bonchev–Trinajstić information content (AvgIpc) is 2.71. The molecule has 1 aliphatic heterocycles. The molecule has 38 heavy (non-hydrogen) atoms. The van der Waals surface area contributed by atoms with Crippen LogP contribution in [0.25, 0.3) is 6.08 Å². The van der Waals surface area contributed by atoms with Gasteiger partial charge in [0.25, 0.3) is 0 Å². The molecule has 0 atom stereocenters. The number of ketones is 1. The molecule has 3 rings (SSSR count). The van der Waals surface area contributed by atoms with Gasteiger partial charge in [-0.3, -0.25) is 0 Å². The van der Waals surface area contributed by atoms with Crippen LogP contribution in [0.2, 0.25) is 8.63 Å². The fraction of sp³-hybridized carbons (Fsp3) is 0.500. The summed E-state index contributed by atoms with van der Waals surface area (Å²) in [5, 5.41) is 0. The third kappa shape index (κ3) is 8.44. The zero-order chi connectivity index (χ0) is 28.8. The van der Waals surface area contributed by atoms with Crippen LogP contribution in [0.1, 0.15) is 97.5 Å². The number of carbonyl (C=O) groups excluding carboxylic acids is 1. The van der Waals surface area contributed by atoms with Crippen molar-refractivity contribution >= 4 is 56.3 Å². The molecule has 0 spiro atoms. The number of hydrogen-bond acceptors (Lipinski definition) is 3. The Kier molecular flexibility index (Phi) is 9.12. The second-order valence-corrected chi connectivity index (χ2v) is 23.9. The minimum absolute atomic E-state index is 0.0223. The Morgan fingerprint density at radius 3 is 1.58 bits per heavy atom. The summed E-state index contributed by atoms with van der Waals surface area (Å²) < 4.78 is 11.6. The summed E-state index contributed by atoms with van der Waals surface area (Å²) >= 11 is 0.669. The molecule has 0 aromatic carbocycles. The van der Waals surface area contributed by atoms with Crippen LogP contribution in [-0.2, 0) is 20.4 Å². The van der Waals surface area contributed by atoms with E-state index in [1.54, 1.807) is 0 Å². The quantitative estimate of drug-likeness (QED) is 0.264. The van der Waals surface area contributed by atoms with Crippen molar-refractivity contribution in [1.29, 1.82) is 0 Å². The first-order valence-electron chi connectivity index (χ1n) is 13.1. The van der Waals surface area contributed by atoms with Crippen LogP contribution in [0.5, 0.6) is 0 Å². The molecule has 1 aromatic rings. The second kappa shape index (κ2) is 11.0. The number of rotatable bonds is 4. The van der Waals surface area contributed by atoms with E-state index in [4.69, 9.17) is 10.5 Å². The molecule has 0 saturated heterocycles. The van der Waals surface area contributed by atoms with E-state index in [0.29, 0.717) is 31.3 Å². The van der Waals surface area contributed by atoms with Crippen LogP contribution in [0.4, 0.5) is 0 Å². The van der Waals surface area contributed by atoms with E-state index in [-0.39, 0.29) is 55.2 Å². The Labute approximate surface area is 249 Å². The molecule has 2 aliphatic rings. The number of ether oxygens (including phenoxy) is 1. The van der Waals surface area contributed by atoms with Crippen molar-refractivity contribution in [3.63, 3.8) is 0 Å².